The summed E-state index contributed by atoms with van der Waals surface area (Å²) in [6.07, 6.45) is 1.61. The number of carbonyl (C=O) groups is 1. The molecule has 0 aliphatic heterocycles. The van der Waals surface area contributed by atoms with Crippen LogP contribution < -0.4 is 0 Å². The van der Waals surface area contributed by atoms with Gasteiger partial charge in [-0.1, -0.05) is 0 Å². The summed E-state index contributed by atoms with van der Waals surface area (Å²) in [7, 11) is 0. The predicted octanol–water partition coefficient (Wildman–Crippen LogP) is 1.32. The van der Waals surface area contributed by atoms with Gasteiger partial charge in [0.1, 0.15) is 9.71 Å². The maximum absolute atomic E-state index is 10.4. The first kappa shape index (κ1) is 6.36. The van der Waals surface area contributed by atoms with E-state index in [0.717, 1.165) is 10.2 Å². The molecule has 0 spiro atoms. The van der Waals surface area contributed by atoms with Gasteiger partial charge >= 0.3 is 5.97 Å². The predicted molar refractivity (Wildman–Crippen MR) is 40.9 cm³/mol. The topological polar surface area (TPSA) is 66.0 Å². The van der Waals surface area contributed by atoms with Crippen LogP contribution in [0.3, 0.4) is 0 Å². The molecule has 0 amide bonds. The molecule has 0 atom stereocenters. The third-order valence-corrected chi connectivity index (χ3v) is 2.38. The Kier molecular flexibility index (Phi) is 1.19. The zero-order valence-corrected chi connectivity index (χ0v) is 6.18. The van der Waals surface area contributed by atoms with E-state index in [0.29, 0.717) is 4.88 Å². The standard InChI is InChI=1S/C6H4N2O2S/c9-6(10)4-1-3-2-7-8-5(3)11-4/h1-2H,(H,7,8)(H,9,10). The van der Waals surface area contributed by atoms with Crippen molar-refractivity contribution in [3.05, 3.63) is 17.1 Å². The third kappa shape index (κ3) is 0.894. The fourth-order valence-electron chi connectivity index (χ4n) is 0.854. The quantitative estimate of drug-likeness (QED) is 0.674. The van der Waals surface area contributed by atoms with Gasteiger partial charge < -0.3 is 5.11 Å². The number of nitrogens with zero attached hydrogens (tertiary/aromatic N) is 1. The zero-order chi connectivity index (χ0) is 7.84. The van der Waals surface area contributed by atoms with E-state index in [2.05, 4.69) is 10.2 Å². The van der Waals surface area contributed by atoms with Crippen LogP contribution >= 0.6 is 11.3 Å². The number of hydrogen-bond donors (Lipinski definition) is 2. The van der Waals surface area contributed by atoms with Crippen LogP contribution in [-0.4, -0.2) is 21.3 Å². The molecule has 0 saturated carbocycles. The Morgan fingerprint density at radius 3 is 3.18 bits per heavy atom. The van der Waals surface area contributed by atoms with Crippen LogP contribution in [0.5, 0.6) is 0 Å². The van der Waals surface area contributed by atoms with Crippen LogP contribution in [0.2, 0.25) is 0 Å². The Balaban J connectivity index is 2.67. The molecule has 56 valence electrons. The van der Waals surface area contributed by atoms with Crippen LogP contribution in [0.15, 0.2) is 12.3 Å². The molecule has 2 aromatic rings. The molecule has 11 heavy (non-hydrogen) atoms. The highest BCUT2D eigenvalue weighted by Gasteiger charge is 2.08. The van der Waals surface area contributed by atoms with Crippen LogP contribution in [0, 0.1) is 0 Å². The number of rotatable bonds is 1. The summed E-state index contributed by atoms with van der Waals surface area (Å²) < 4.78 is 0. The molecule has 5 heteroatoms. The molecular weight excluding hydrogens is 164 g/mol. The van der Waals surface area contributed by atoms with Crippen molar-refractivity contribution >= 4 is 27.5 Å². The number of fused-ring (bicyclic) bond motifs is 1. The van der Waals surface area contributed by atoms with E-state index in [4.69, 9.17) is 5.11 Å². The smallest absolute Gasteiger partial charge is 0.345 e. The minimum absolute atomic E-state index is 0.341. The fraction of sp³-hybridized carbons (Fsp3) is 0. The normalized spacial score (nSPS) is 10.5. The summed E-state index contributed by atoms with van der Waals surface area (Å²) in [6, 6.07) is 1.60. The van der Waals surface area contributed by atoms with Crippen molar-refractivity contribution in [2.75, 3.05) is 0 Å². The van der Waals surface area contributed by atoms with Gasteiger partial charge in [-0.3, -0.25) is 5.10 Å². The van der Waals surface area contributed by atoms with Gasteiger partial charge in [0.05, 0.1) is 6.20 Å². The van der Waals surface area contributed by atoms with Crippen LogP contribution in [-0.2, 0) is 0 Å². The monoisotopic (exact) mass is 168 g/mol. The zero-order valence-electron chi connectivity index (χ0n) is 5.37. The first-order valence-corrected chi connectivity index (χ1v) is 3.75. The van der Waals surface area contributed by atoms with Gasteiger partial charge in [0, 0.05) is 5.39 Å². The van der Waals surface area contributed by atoms with Gasteiger partial charge in [-0.15, -0.1) is 11.3 Å². The summed E-state index contributed by atoms with van der Waals surface area (Å²) in [6.45, 7) is 0. The van der Waals surface area contributed by atoms with Crippen molar-refractivity contribution in [3.63, 3.8) is 0 Å². The highest BCUT2D eigenvalue weighted by Crippen LogP contribution is 2.22. The number of nitrogens with one attached hydrogen (secondary N) is 1. The van der Waals surface area contributed by atoms with E-state index < -0.39 is 5.97 Å². The van der Waals surface area contributed by atoms with E-state index in [-0.39, 0.29) is 0 Å². The van der Waals surface area contributed by atoms with Gasteiger partial charge in [-0.05, 0) is 6.07 Å². The van der Waals surface area contributed by atoms with Gasteiger partial charge in [0.25, 0.3) is 0 Å². The van der Waals surface area contributed by atoms with Gasteiger partial charge in [-0.25, -0.2) is 4.79 Å². The molecule has 0 radical (unpaired) electrons. The van der Waals surface area contributed by atoms with Crippen molar-refractivity contribution in [3.8, 4) is 0 Å². The average Bonchev–Trinajstić information content (AvgIpc) is 2.40. The van der Waals surface area contributed by atoms with Crippen molar-refractivity contribution < 1.29 is 9.90 Å². The first-order chi connectivity index (χ1) is 5.27. The lowest BCUT2D eigenvalue weighted by Gasteiger charge is -1.80. The maximum Gasteiger partial charge on any atom is 0.345 e. The van der Waals surface area contributed by atoms with E-state index >= 15 is 0 Å². The second-order valence-electron chi connectivity index (χ2n) is 2.07. The molecule has 0 fully saturated rings. The number of hydrogen-bond acceptors (Lipinski definition) is 3. The number of aromatic carboxylic acids is 1. The molecule has 2 heterocycles. The molecule has 2 N–H and O–H groups in total. The number of aromatic nitrogens is 2. The summed E-state index contributed by atoms with van der Waals surface area (Å²) in [4.78, 5) is 11.6. The number of carboxylic acid groups (broad SMARTS) is 1. The summed E-state index contributed by atoms with van der Waals surface area (Å²) >= 11 is 1.19. The molecule has 2 aromatic heterocycles. The second kappa shape index (κ2) is 2.06. The lowest BCUT2D eigenvalue weighted by Crippen LogP contribution is -1.89. The third-order valence-electron chi connectivity index (χ3n) is 1.34. The highest BCUT2D eigenvalue weighted by molar-refractivity contribution is 7.20. The average molecular weight is 168 g/mol. The van der Waals surface area contributed by atoms with E-state index in [9.17, 15) is 4.79 Å². The molecule has 0 aromatic carbocycles. The van der Waals surface area contributed by atoms with Crippen molar-refractivity contribution in [2.24, 2.45) is 0 Å². The van der Waals surface area contributed by atoms with Crippen molar-refractivity contribution in [1.82, 2.24) is 10.2 Å². The summed E-state index contributed by atoms with van der Waals surface area (Å²) in [5.74, 6) is -0.889. The number of thiophene rings is 1. The SMILES string of the molecule is O=C(O)c1cc2cn[nH]c2s1. The van der Waals surface area contributed by atoms with Gasteiger partial charge in [0.15, 0.2) is 0 Å². The Labute approximate surface area is 65.5 Å². The summed E-state index contributed by atoms with van der Waals surface area (Å²) in [5, 5.41) is 15.9. The Hall–Kier alpha value is -1.36. The molecule has 0 aliphatic rings. The molecule has 0 unspecified atom stereocenters. The number of carboxylic acids is 1. The van der Waals surface area contributed by atoms with Gasteiger partial charge in [0.2, 0.25) is 0 Å². The van der Waals surface area contributed by atoms with Crippen molar-refractivity contribution in [2.45, 2.75) is 0 Å². The highest BCUT2D eigenvalue weighted by atomic mass is 32.1. The first-order valence-electron chi connectivity index (χ1n) is 2.93. The molecule has 4 nitrogen and oxygen atoms in total. The minimum Gasteiger partial charge on any atom is -0.477 e. The Morgan fingerprint density at radius 1 is 1.73 bits per heavy atom. The fourth-order valence-corrected chi connectivity index (χ4v) is 1.68. The van der Waals surface area contributed by atoms with Crippen LogP contribution in [0.25, 0.3) is 10.2 Å². The van der Waals surface area contributed by atoms with E-state index in [1.807, 2.05) is 0 Å². The summed E-state index contributed by atoms with van der Waals surface area (Å²) in [5.41, 5.74) is 0. The van der Waals surface area contributed by atoms with Crippen LogP contribution in [0.4, 0.5) is 0 Å². The largest absolute Gasteiger partial charge is 0.477 e. The molecular formula is C6H4N2O2S. The van der Waals surface area contributed by atoms with Gasteiger partial charge in [-0.2, -0.15) is 5.10 Å². The molecule has 0 saturated heterocycles. The second-order valence-corrected chi connectivity index (χ2v) is 3.12. The number of H-pyrrole nitrogens is 1. The molecule has 0 aliphatic carbocycles. The lowest BCUT2D eigenvalue weighted by molar-refractivity contribution is 0.0702. The Bertz CT molecular complexity index is 375. The molecule has 0 bridgehead atoms. The maximum atomic E-state index is 10.4. The minimum atomic E-state index is -0.889. The lowest BCUT2D eigenvalue weighted by atomic mass is 10.4. The van der Waals surface area contributed by atoms with E-state index in [1.54, 1.807) is 12.3 Å². The van der Waals surface area contributed by atoms with Crippen molar-refractivity contribution in [1.29, 1.82) is 0 Å². The number of aromatic amines is 1. The molecule has 2 rings (SSSR count). The van der Waals surface area contributed by atoms with Crippen LogP contribution in [0.1, 0.15) is 9.67 Å². The Morgan fingerprint density at radius 2 is 2.55 bits per heavy atom. The van der Waals surface area contributed by atoms with E-state index in [1.165, 1.54) is 11.3 Å².